The van der Waals surface area contributed by atoms with Crippen molar-refractivity contribution in [3.63, 3.8) is 0 Å². The standard InChI is InChI=1S/C11H17N3S/c1-3-4-9-7-15-8(2)10(9)14-11-12-5-6-13-11/h7H,3-6H2,1-2H3,(H2,12,13,14). The van der Waals surface area contributed by atoms with E-state index in [1.165, 1.54) is 22.5 Å². The predicted octanol–water partition coefficient (Wildman–Crippen LogP) is 2.19. The Bertz CT molecular complexity index is 360. The molecule has 0 atom stereocenters. The van der Waals surface area contributed by atoms with Crippen molar-refractivity contribution in [1.29, 1.82) is 0 Å². The monoisotopic (exact) mass is 223 g/mol. The Morgan fingerprint density at radius 2 is 2.13 bits per heavy atom. The third-order valence-electron chi connectivity index (χ3n) is 2.47. The maximum absolute atomic E-state index is 4.64. The van der Waals surface area contributed by atoms with Crippen LogP contribution in [0.15, 0.2) is 10.4 Å². The predicted molar refractivity (Wildman–Crippen MR) is 66.2 cm³/mol. The molecule has 1 fully saturated rings. The van der Waals surface area contributed by atoms with Crippen LogP contribution >= 0.6 is 11.3 Å². The average molecular weight is 223 g/mol. The summed E-state index contributed by atoms with van der Waals surface area (Å²) in [6, 6.07) is 0. The van der Waals surface area contributed by atoms with Crippen molar-refractivity contribution in [2.75, 3.05) is 13.1 Å². The second-order valence-electron chi connectivity index (χ2n) is 3.73. The molecule has 0 amide bonds. The molecular formula is C11H17N3S. The molecule has 1 aromatic rings. The number of rotatable bonds is 3. The lowest BCUT2D eigenvalue weighted by molar-refractivity contribution is 0.925. The highest BCUT2D eigenvalue weighted by atomic mass is 32.1. The average Bonchev–Trinajstić information content (AvgIpc) is 2.83. The lowest BCUT2D eigenvalue weighted by Crippen LogP contribution is -2.23. The Morgan fingerprint density at radius 3 is 2.80 bits per heavy atom. The van der Waals surface area contributed by atoms with Gasteiger partial charge in [0.1, 0.15) is 0 Å². The van der Waals surface area contributed by atoms with Crippen molar-refractivity contribution in [2.24, 2.45) is 4.99 Å². The second kappa shape index (κ2) is 4.66. The highest BCUT2D eigenvalue weighted by Crippen LogP contribution is 2.31. The Balaban J connectivity index is 2.25. The Labute approximate surface area is 94.6 Å². The summed E-state index contributed by atoms with van der Waals surface area (Å²) in [5, 5.41) is 8.70. The van der Waals surface area contributed by atoms with E-state index in [0.717, 1.165) is 25.5 Å². The number of thiophene rings is 1. The SMILES string of the molecule is CCCc1csc(C)c1N=C1NCCN1. The summed E-state index contributed by atoms with van der Waals surface area (Å²) in [4.78, 5) is 5.95. The molecule has 1 aliphatic rings. The van der Waals surface area contributed by atoms with Crippen LogP contribution in [-0.2, 0) is 6.42 Å². The van der Waals surface area contributed by atoms with Crippen LogP contribution in [0.1, 0.15) is 23.8 Å². The lowest BCUT2D eigenvalue weighted by Gasteiger charge is -2.01. The first-order valence-corrected chi connectivity index (χ1v) is 6.32. The van der Waals surface area contributed by atoms with Gasteiger partial charge in [0.15, 0.2) is 5.96 Å². The van der Waals surface area contributed by atoms with Gasteiger partial charge in [-0.3, -0.25) is 0 Å². The molecular weight excluding hydrogens is 206 g/mol. The third-order valence-corrected chi connectivity index (χ3v) is 3.42. The van der Waals surface area contributed by atoms with Crippen LogP contribution in [0.5, 0.6) is 0 Å². The number of aliphatic imine (C=N–C) groups is 1. The maximum atomic E-state index is 4.64. The van der Waals surface area contributed by atoms with Crippen molar-refractivity contribution in [2.45, 2.75) is 26.7 Å². The molecule has 82 valence electrons. The fourth-order valence-corrected chi connectivity index (χ4v) is 2.55. The first kappa shape index (κ1) is 10.5. The largest absolute Gasteiger partial charge is 0.354 e. The molecule has 0 unspecified atom stereocenters. The summed E-state index contributed by atoms with van der Waals surface area (Å²) in [6.45, 7) is 6.30. The van der Waals surface area contributed by atoms with Crippen molar-refractivity contribution in [3.8, 4) is 0 Å². The zero-order valence-electron chi connectivity index (χ0n) is 9.26. The van der Waals surface area contributed by atoms with E-state index < -0.39 is 0 Å². The van der Waals surface area contributed by atoms with Crippen molar-refractivity contribution >= 4 is 23.0 Å². The minimum atomic E-state index is 0.925. The highest BCUT2D eigenvalue weighted by molar-refractivity contribution is 7.10. The number of nitrogens with one attached hydrogen (secondary N) is 2. The van der Waals surface area contributed by atoms with Gasteiger partial charge in [0.05, 0.1) is 5.69 Å². The van der Waals surface area contributed by atoms with Gasteiger partial charge in [-0.1, -0.05) is 13.3 Å². The van der Waals surface area contributed by atoms with E-state index in [0.29, 0.717) is 0 Å². The van der Waals surface area contributed by atoms with Crippen LogP contribution in [0.2, 0.25) is 0 Å². The van der Waals surface area contributed by atoms with E-state index in [1.54, 1.807) is 11.3 Å². The van der Waals surface area contributed by atoms with Crippen LogP contribution in [0.4, 0.5) is 5.69 Å². The van der Waals surface area contributed by atoms with E-state index in [4.69, 9.17) is 0 Å². The van der Waals surface area contributed by atoms with E-state index in [2.05, 4.69) is 34.9 Å². The Morgan fingerprint density at radius 1 is 1.40 bits per heavy atom. The normalized spacial score (nSPS) is 14.9. The second-order valence-corrected chi connectivity index (χ2v) is 4.81. The molecule has 2 N–H and O–H groups in total. The molecule has 3 nitrogen and oxygen atoms in total. The van der Waals surface area contributed by atoms with Gasteiger partial charge in [0, 0.05) is 18.0 Å². The first-order chi connectivity index (χ1) is 7.31. The molecule has 15 heavy (non-hydrogen) atoms. The van der Waals surface area contributed by atoms with Gasteiger partial charge in [-0.25, -0.2) is 4.99 Å². The van der Waals surface area contributed by atoms with Crippen molar-refractivity contribution in [1.82, 2.24) is 10.6 Å². The number of nitrogens with zero attached hydrogens (tertiary/aromatic N) is 1. The minimum absolute atomic E-state index is 0.925. The van der Waals surface area contributed by atoms with Crippen LogP contribution in [0, 0.1) is 6.92 Å². The molecule has 4 heteroatoms. The molecule has 1 aromatic heterocycles. The molecule has 0 bridgehead atoms. The molecule has 2 heterocycles. The molecule has 2 rings (SSSR count). The summed E-state index contributed by atoms with van der Waals surface area (Å²) in [7, 11) is 0. The number of aryl methyl sites for hydroxylation is 2. The summed E-state index contributed by atoms with van der Waals surface area (Å²) < 4.78 is 0. The van der Waals surface area contributed by atoms with Gasteiger partial charge in [-0.15, -0.1) is 11.3 Å². The number of hydrogen-bond donors (Lipinski definition) is 2. The minimum Gasteiger partial charge on any atom is -0.354 e. The number of guanidine groups is 1. The molecule has 0 radical (unpaired) electrons. The summed E-state index contributed by atoms with van der Waals surface area (Å²) in [5.41, 5.74) is 2.54. The quantitative estimate of drug-likeness (QED) is 0.824. The highest BCUT2D eigenvalue weighted by Gasteiger charge is 2.10. The first-order valence-electron chi connectivity index (χ1n) is 5.44. The van der Waals surface area contributed by atoms with Gasteiger partial charge in [0.2, 0.25) is 0 Å². The van der Waals surface area contributed by atoms with Crippen LogP contribution in [0.25, 0.3) is 0 Å². The number of hydrogen-bond acceptors (Lipinski definition) is 2. The Hall–Kier alpha value is -1.03. The molecule has 0 saturated carbocycles. The van der Waals surface area contributed by atoms with Crippen LogP contribution < -0.4 is 10.6 Å². The lowest BCUT2D eigenvalue weighted by atomic mass is 10.1. The molecule has 0 spiro atoms. The fraction of sp³-hybridized carbons (Fsp3) is 0.545. The van der Waals surface area contributed by atoms with Crippen molar-refractivity contribution in [3.05, 3.63) is 15.8 Å². The van der Waals surface area contributed by atoms with E-state index >= 15 is 0 Å². The molecule has 1 saturated heterocycles. The van der Waals surface area contributed by atoms with Gasteiger partial charge < -0.3 is 10.6 Å². The maximum Gasteiger partial charge on any atom is 0.196 e. The van der Waals surface area contributed by atoms with Crippen molar-refractivity contribution < 1.29 is 0 Å². The van der Waals surface area contributed by atoms with Crippen LogP contribution in [0.3, 0.4) is 0 Å². The van der Waals surface area contributed by atoms with Crippen LogP contribution in [-0.4, -0.2) is 19.0 Å². The van der Waals surface area contributed by atoms with Gasteiger partial charge in [0.25, 0.3) is 0 Å². The molecule has 0 aliphatic carbocycles. The summed E-state index contributed by atoms with van der Waals surface area (Å²) in [5.74, 6) is 0.925. The van der Waals surface area contributed by atoms with Gasteiger partial charge in [-0.2, -0.15) is 0 Å². The topological polar surface area (TPSA) is 36.4 Å². The Kier molecular flexibility index (Phi) is 3.26. The van der Waals surface area contributed by atoms with E-state index in [1.807, 2.05) is 0 Å². The smallest absolute Gasteiger partial charge is 0.196 e. The van der Waals surface area contributed by atoms with E-state index in [-0.39, 0.29) is 0 Å². The molecule has 0 aromatic carbocycles. The van der Waals surface area contributed by atoms with E-state index in [9.17, 15) is 0 Å². The fourth-order valence-electron chi connectivity index (χ4n) is 1.71. The zero-order valence-corrected chi connectivity index (χ0v) is 10.1. The molecule has 1 aliphatic heterocycles. The summed E-state index contributed by atoms with van der Waals surface area (Å²) >= 11 is 1.79. The van der Waals surface area contributed by atoms with Gasteiger partial charge in [-0.05, 0) is 24.3 Å². The zero-order chi connectivity index (χ0) is 10.7. The van der Waals surface area contributed by atoms with Gasteiger partial charge >= 0.3 is 0 Å². The summed E-state index contributed by atoms with van der Waals surface area (Å²) in [6.07, 6.45) is 2.30. The third kappa shape index (κ3) is 2.31.